The molecule has 0 aromatic heterocycles. The molecule has 1 unspecified atom stereocenters. The first-order valence-electron chi connectivity index (χ1n) is 8.27. The highest BCUT2D eigenvalue weighted by Crippen LogP contribution is 2.34. The highest BCUT2D eigenvalue weighted by Gasteiger charge is 2.33. The van der Waals surface area contributed by atoms with E-state index in [9.17, 15) is 9.59 Å². The lowest BCUT2D eigenvalue weighted by atomic mass is 9.94. The normalized spacial score (nSPS) is 16.8. The van der Waals surface area contributed by atoms with Gasteiger partial charge in [-0.25, -0.2) is 4.79 Å². The van der Waals surface area contributed by atoms with E-state index in [1.165, 1.54) is 4.90 Å². The summed E-state index contributed by atoms with van der Waals surface area (Å²) in [5.74, 6) is 0.0718. The lowest BCUT2D eigenvalue weighted by molar-refractivity contribution is -0.122. The summed E-state index contributed by atoms with van der Waals surface area (Å²) in [4.78, 5) is 26.1. The molecule has 1 fully saturated rings. The van der Waals surface area contributed by atoms with E-state index < -0.39 is 12.1 Å². The van der Waals surface area contributed by atoms with Crippen LogP contribution < -0.4 is 0 Å². The lowest BCUT2D eigenvalue weighted by Crippen LogP contribution is -2.41. The zero-order valence-corrected chi connectivity index (χ0v) is 14.8. The first-order chi connectivity index (χ1) is 12.6. The molecule has 0 spiro atoms. The molecular weight excluding hydrogens is 352 g/mol. The van der Waals surface area contributed by atoms with Crippen molar-refractivity contribution >= 4 is 23.5 Å². The van der Waals surface area contributed by atoms with Crippen LogP contribution in [0.2, 0.25) is 5.02 Å². The summed E-state index contributed by atoms with van der Waals surface area (Å²) in [6.07, 6.45) is 0.00319. The van der Waals surface area contributed by atoms with Gasteiger partial charge in [-0.05, 0) is 23.3 Å². The first kappa shape index (κ1) is 18.0. The number of piperidine rings is 1. The Balaban J connectivity index is 1.79. The molecule has 1 heterocycles. The molecule has 6 heteroatoms. The van der Waals surface area contributed by atoms with E-state index in [4.69, 9.17) is 21.6 Å². The Kier molecular flexibility index (Phi) is 5.55. The maximum atomic E-state index is 12.6. The third-order valence-corrected chi connectivity index (χ3v) is 4.68. The third-order valence-electron chi connectivity index (χ3n) is 4.36. The van der Waals surface area contributed by atoms with E-state index in [2.05, 4.69) is 0 Å². The number of ether oxygens (including phenoxy) is 1. The van der Waals surface area contributed by atoms with Gasteiger partial charge in [0.25, 0.3) is 0 Å². The van der Waals surface area contributed by atoms with Gasteiger partial charge in [0.1, 0.15) is 12.4 Å². The van der Waals surface area contributed by atoms with Crippen LogP contribution in [0.5, 0.6) is 0 Å². The molecule has 132 valence electrons. The summed E-state index contributed by atoms with van der Waals surface area (Å²) < 4.78 is 5.42. The molecule has 0 bridgehead atoms. The van der Waals surface area contributed by atoms with Crippen molar-refractivity contribution in [1.29, 1.82) is 5.26 Å². The van der Waals surface area contributed by atoms with E-state index in [1.807, 2.05) is 36.4 Å². The van der Waals surface area contributed by atoms with Crippen molar-refractivity contribution in [1.82, 2.24) is 4.90 Å². The molecule has 0 N–H and O–H groups in total. The molecule has 0 radical (unpaired) electrons. The van der Waals surface area contributed by atoms with Crippen LogP contribution in [0, 0.1) is 11.3 Å². The largest absolute Gasteiger partial charge is 0.445 e. The van der Waals surface area contributed by atoms with Crippen molar-refractivity contribution in [2.24, 2.45) is 0 Å². The summed E-state index contributed by atoms with van der Waals surface area (Å²) in [7, 11) is 0. The van der Waals surface area contributed by atoms with E-state index >= 15 is 0 Å². The molecule has 1 aliphatic rings. The van der Waals surface area contributed by atoms with Crippen molar-refractivity contribution in [2.45, 2.75) is 25.5 Å². The fourth-order valence-corrected chi connectivity index (χ4v) is 3.30. The summed E-state index contributed by atoms with van der Waals surface area (Å²) >= 11 is 6.29. The van der Waals surface area contributed by atoms with Gasteiger partial charge in [0.2, 0.25) is 0 Å². The molecule has 2 aromatic rings. The maximum Gasteiger partial charge on any atom is 0.410 e. The van der Waals surface area contributed by atoms with Gasteiger partial charge in [0.05, 0.1) is 17.7 Å². The number of carbonyl (C=O) groups excluding carboxylic acids is 2. The monoisotopic (exact) mass is 368 g/mol. The van der Waals surface area contributed by atoms with Gasteiger partial charge < -0.3 is 9.64 Å². The Bertz CT molecular complexity index is 861. The minimum Gasteiger partial charge on any atom is -0.445 e. The van der Waals surface area contributed by atoms with Gasteiger partial charge in [-0.15, -0.1) is 0 Å². The number of carbonyl (C=O) groups is 2. The first-order valence-corrected chi connectivity index (χ1v) is 8.65. The Morgan fingerprint density at radius 3 is 2.73 bits per heavy atom. The second-order valence-electron chi connectivity index (χ2n) is 6.09. The number of hydrogen-bond donors (Lipinski definition) is 0. The van der Waals surface area contributed by atoms with Crippen LogP contribution >= 0.6 is 11.6 Å². The number of rotatable bonds is 3. The number of nitrogens with zero attached hydrogens (tertiary/aromatic N) is 2. The fourth-order valence-electron chi connectivity index (χ4n) is 2.99. The summed E-state index contributed by atoms with van der Waals surface area (Å²) in [5, 5.41) is 9.34. The number of Topliss-reactive ketones (excluding diaryl/α,β-unsaturated/α-hetero) is 1. The predicted molar refractivity (Wildman–Crippen MR) is 96.5 cm³/mol. The maximum absolute atomic E-state index is 12.6. The minimum absolute atomic E-state index is 0.0718. The van der Waals surface area contributed by atoms with Crippen LogP contribution in [-0.4, -0.2) is 23.3 Å². The number of halogens is 1. The minimum atomic E-state index is -0.486. The van der Waals surface area contributed by atoms with Gasteiger partial charge in [0, 0.05) is 24.4 Å². The molecule has 5 nitrogen and oxygen atoms in total. The van der Waals surface area contributed by atoms with Crippen molar-refractivity contribution < 1.29 is 14.3 Å². The topological polar surface area (TPSA) is 70.4 Å². The molecule has 0 aliphatic carbocycles. The van der Waals surface area contributed by atoms with Crippen LogP contribution in [0.15, 0.2) is 48.5 Å². The van der Waals surface area contributed by atoms with Crippen molar-refractivity contribution in [3.63, 3.8) is 0 Å². The number of likely N-dealkylation sites (tertiary alicyclic amines) is 1. The Morgan fingerprint density at radius 2 is 2.04 bits per heavy atom. The Hall–Kier alpha value is -2.84. The number of amides is 1. The molecular formula is C20H17ClN2O3. The predicted octanol–water partition coefficient (Wildman–Crippen LogP) is 4.25. The lowest BCUT2D eigenvalue weighted by Gasteiger charge is -2.35. The molecule has 3 rings (SSSR count). The quantitative estimate of drug-likeness (QED) is 0.811. The van der Waals surface area contributed by atoms with Crippen molar-refractivity contribution in [3.8, 4) is 6.07 Å². The Labute approximate surface area is 156 Å². The average Bonchev–Trinajstić information content (AvgIpc) is 2.66. The zero-order chi connectivity index (χ0) is 18.5. The second kappa shape index (κ2) is 8.03. The van der Waals surface area contributed by atoms with Gasteiger partial charge in [0.15, 0.2) is 0 Å². The smallest absolute Gasteiger partial charge is 0.410 e. The van der Waals surface area contributed by atoms with E-state index in [0.29, 0.717) is 22.6 Å². The Morgan fingerprint density at radius 1 is 1.27 bits per heavy atom. The van der Waals surface area contributed by atoms with Gasteiger partial charge >= 0.3 is 6.09 Å². The van der Waals surface area contributed by atoms with Gasteiger partial charge in [-0.1, -0.05) is 48.0 Å². The molecule has 26 heavy (non-hydrogen) atoms. The molecule has 1 aliphatic heterocycles. The van der Waals surface area contributed by atoms with Gasteiger partial charge in [-0.3, -0.25) is 4.79 Å². The van der Waals surface area contributed by atoms with E-state index in [0.717, 1.165) is 5.56 Å². The molecule has 0 saturated carbocycles. The van der Waals surface area contributed by atoms with Crippen LogP contribution in [0.4, 0.5) is 4.79 Å². The SMILES string of the molecule is N#Cc1ccc(C2CC(=O)CCN2C(=O)OCc2ccccc2)c(Cl)c1. The van der Waals surface area contributed by atoms with Gasteiger partial charge in [-0.2, -0.15) is 5.26 Å². The number of ketones is 1. The second-order valence-corrected chi connectivity index (χ2v) is 6.50. The highest BCUT2D eigenvalue weighted by atomic mass is 35.5. The van der Waals surface area contributed by atoms with Crippen LogP contribution in [0.3, 0.4) is 0 Å². The average molecular weight is 369 g/mol. The summed E-state index contributed by atoms with van der Waals surface area (Å²) in [6, 6.07) is 15.8. The van der Waals surface area contributed by atoms with E-state index in [-0.39, 0.29) is 25.4 Å². The van der Waals surface area contributed by atoms with Crippen LogP contribution in [0.1, 0.15) is 35.6 Å². The van der Waals surface area contributed by atoms with E-state index in [1.54, 1.807) is 18.2 Å². The zero-order valence-electron chi connectivity index (χ0n) is 14.0. The molecule has 1 saturated heterocycles. The van der Waals surface area contributed by atoms with Crippen molar-refractivity contribution in [3.05, 3.63) is 70.2 Å². The summed E-state index contributed by atoms with van der Waals surface area (Å²) in [6.45, 7) is 0.450. The number of hydrogen-bond acceptors (Lipinski definition) is 4. The highest BCUT2D eigenvalue weighted by molar-refractivity contribution is 6.31. The summed E-state index contributed by atoms with van der Waals surface area (Å²) in [5.41, 5.74) is 1.97. The number of benzene rings is 2. The van der Waals surface area contributed by atoms with Crippen LogP contribution in [-0.2, 0) is 16.1 Å². The third kappa shape index (κ3) is 4.04. The number of nitriles is 1. The van der Waals surface area contributed by atoms with Crippen LogP contribution in [0.25, 0.3) is 0 Å². The standard InChI is InChI=1S/C20H17ClN2O3/c21-18-10-15(12-22)6-7-17(18)19-11-16(24)8-9-23(19)20(25)26-13-14-4-2-1-3-5-14/h1-7,10,19H,8-9,11,13H2. The molecule has 1 atom stereocenters. The molecule has 1 amide bonds. The molecule has 2 aromatic carbocycles. The fraction of sp³-hybridized carbons (Fsp3) is 0.250. The van der Waals surface area contributed by atoms with Crippen molar-refractivity contribution in [2.75, 3.05) is 6.54 Å².